The molecular formula is C21H16ClN3O2S. The Bertz CT molecular complexity index is 1010. The molecule has 7 heteroatoms. The van der Waals surface area contributed by atoms with Crippen LogP contribution in [-0.2, 0) is 11.3 Å². The second-order valence-electron chi connectivity index (χ2n) is 5.88. The van der Waals surface area contributed by atoms with Crippen LogP contribution in [0.3, 0.4) is 0 Å². The number of thiocarbonyl (C=S) groups is 1. The lowest BCUT2D eigenvalue weighted by Crippen LogP contribution is -2.33. The molecule has 0 unspecified atom stereocenters. The summed E-state index contributed by atoms with van der Waals surface area (Å²) in [5.74, 6) is -0.748. The third kappa shape index (κ3) is 5.00. The molecule has 0 atom stereocenters. The van der Waals surface area contributed by atoms with Crippen molar-refractivity contribution in [2.24, 2.45) is 0 Å². The van der Waals surface area contributed by atoms with E-state index in [4.69, 9.17) is 23.8 Å². The minimum Gasteiger partial charge on any atom is -0.368 e. The van der Waals surface area contributed by atoms with E-state index in [1.807, 2.05) is 18.2 Å². The van der Waals surface area contributed by atoms with Crippen LogP contribution in [-0.4, -0.2) is 21.7 Å². The molecule has 0 spiro atoms. The Balaban J connectivity index is 1.74. The number of aromatic nitrogens is 1. The lowest BCUT2D eigenvalue weighted by molar-refractivity contribution is -0.110. The summed E-state index contributed by atoms with van der Waals surface area (Å²) in [6, 6.07) is 17.1. The highest BCUT2D eigenvalue weighted by Crippen LogP contribution is 2.23. The monoisotopic (exact) mass is 409 g/mol. The number of amides is 1. The van der Waals surface area contributed by atoms with Gasteiger partial charge in [0.05, 0.1) is 5.69 Å². The fourth-order valence-electron chi connectivity index (χ4n) is 2.50. The van der Waals surface area contributed by atoms with Crippen molar-refractivity contribution in [2.45, 2.75) is 6.54 Å². The summed E-state index contributed by atoms with van der Waals surface area (Å²) in [7, 11) is 0. The molecule has 0 aliphatic heterocycles. The maximum absolute atomic E-state index is 12.8. The molecule has 5 nitrogen and oxygen atoms in total. The molecule has 0 fully saturated rings. The summed E-state index contributed by atoms with van der Waals surface area (Å²) >= 11 is 11.2. The number of halogens is 1. The van der Waals surface area contributed by atoms with Crippen LogP contribution in [0.1, 0.15) is 21.5 Å². The molecule has 0 bridgehead atoms. The number of nitrogens with one attached hydrogen (secondary N) is 2. The summed E-state index contributed by atoms with van der Waals surface area (Å²) in [6.07, 6.45) is 3.32. The van der Waals surface area contributed by atoms with Crippen molar-refractivity contribution in [3.8, 4) is 0 Å². The molecule has 0 radical (unpaired) electrons. The molecule has 28 heavy (non-hydrogen) atoms. The zero-order valence-corrected chi connectivity index (χ0v) is 16.3. The molecule has 0 saturated carbocycles. The maximum atomic E-state index is 12.8. The van der Waals surface area contributed by atoms with Gasteiger partial charge in [-0.1, -0.05) is 54.2 Å². The zero-order valence-electron chi connectivity index (χ0n) is 14.7. The summed E-state index contributed by atoms with van der Waals surface area (Å²) < 4.78 is 0. The predicted molar refractivity (Wildman–Crippen MR) is 114 cm³/mol. The van der Waals surface area contributed by atoms with E-state index in [0.717, 1.165) is 5.56 Å². The molecule has 0 aliphatic carbocycles. The van der Waals surface area contributed by atoms with Gasteiger partial charge in [-0.25, -0.2) is 0 Å². The van der Waals surface area contributed by atoms with E-state index in [1.165, 1.54) is 6.07 Å². The standard InChI is InChI=1S/C21H16ClN3O2S/c22-16-6-7-18(17(12-16)19(26)15-4-2-1-3-5-15)25-20(27)21(28)24-13-14-8-10-23-11-9-14/h1-12H,13H2,(H,24,28)(H,25,27). The van der Waals surface area contributed by atoms with Crippen LogP contribution in [0.2, 0.25) is 5.02 Å². The Morgan fingerprint density at radius 1 is 1.00 bits per heavy atom. The zero-order chi connectivity index (χ0) is 19.9. The largest absolute Gasteiger partial charge is 0.368 e. The van der Waals surface area contributed by atoms with Gasteiger partial charge in [0.15, 0.2) is 10.8 Å². The minimum atomic E-state index is -0.506. The van der Waals surface area contributed by atoms with Gasteiger partial charge in [-0.05, 0) is 35.9 Å². The van der Waals surface area contributed by atoms with Crippen molar-refractivity contribution in [2.75, 3.05) is 5.32 Å². The molecular weight excluding hydrogens is 394 g/mol. The average molecular weight is 410 g/mol. The van der Waals surface area contributed by atoms with E-state index in [0.29, 0.717) is 28.4 Å². The number of hydrogen-bond acceptors (Lipinski definition) is 4. The van der Waals surface area contributed by atoms with Crippen LogP contribution >= 0.6 is 23.8 Å². The highest BCUT2D eigenvalue weighted by Gasteiger charge is 2.17. The van der Waals surface area contributed by atoms with E-state index in [-0.39, 0.29) is 10.8 Å². The number of hydrogen-bond donors (Lipinski definition) is 2. The third-order valence-electron chi connectivity index (χ3n) is 3.92. The van der Waals surface area contributed by atoms with Crippen molar-refractivity contribution < 1.29 is 9.59 Å². The highest BCUT2D eigenvalue weighted by molar-refractivity contribution is 7.82. The van der Waals surface area contributed by atoms with Gasteiger partial charge in [0.1, 0.15) is 0 Å². The first-order valence-electron chi connectivity index (χ1n) is 8.42. The number of ketones is 1. The van der Waals surface area contributed by atoms with Crippen LogP contribution in [0.25, 0.3) is 0 Å². The second kappa shape index (κ2) is 9.21. The Kier molecular flexibility index (Phi) is 6.47. The number of pyridine rings is 1. The molecule has 0 aliphatic rings. The summed E-state index contributed by atoms with van der Waals surface area (Å²) in [5, 5.41) is 5.98. The minimum absolute atomic E-state index is 0.0184. The molecule has 1 amide bonds. The second-order valence-corrected chi connectivity index (χ2v) is 6.72. The first kappa shape index (κ1) is 19.7. The van der Waals surface area contributed by atoms with E-state index in [1.54, 1.807) is 48.8 Å². The van der Waals surface area contributed by atoms with E-state index < -0.39 is 5.91 Å². The lowest BCUT2D eigenvalue weighted by Gasteiger charge is -2.12. The fourth-order valence-corrected chi connectivity index (χ4v) is 2.80. The fraction of sp³-hybridized carbons (Fsp3) is 0.0476. The molecule has 3 rings (SSSR count). The molecule has 1 aromatic heterocycles. The number of carbonyl (C=O) groups excluding carboxylic acids is 2. The number of benzene rings is 2. The summed E-state index contributed by atoms with van der Waals surface area (Å²) in [6.45, 7) is 0.394. The van der Waals surface area contributed by atoms with Gasteiger partial charge in [-0.15, -0.1) is 0 Å². The van der Waals surface area contributed by atoms with E-state index in [9.17, 15) is 9.59 Å². The van der Waals surface area contributed by atoms with Gasteiger partial charge >= 0.3 is 0 Å². The summed E-state index contributed by atoms with van der Waals surface area (Å²) in [4.78, 5) is 29.2. The molecule has 2 N–H and O–H groups in total. The van der Waals surface area contributed by atoms with Gasteiger partial charge in [-0.2, -0.15) is 0 Å². The molecule has 2 aromatic carbocycles. The molecule has 0 saturated heterocycles. The van der Waals surface area contributed by atoms with Crippen LogP contribution < -0.4 is 10.6 Å². The van der Waals surface area contributed by atoms with E-state index in [2.05, 4.69) is 15.6 Å². The molecule has 1 heterocycles. The first-order valence-corrected chi connectivity index (χ1v) is 9.20. The Labute approximate surface area is 172 Å². The summed E-state index contributed by atoms with van der Waals surface area (Å²) in [5.41, 5.74) is 2.08. The van der Waals surface area contributed by atoms with Gasteiger partial charge in [-0.3, -0.25) is 14.6 Å². The van der Waals surface area contributed by atoms with Crippen molar-refractivity contribution in [1.82, 2.24) is 10.3 Å². The quantitative estimate of drug-likeness (QED) is 0.492. The SMILES string of the molecule is O=C(Nc1ccc(Cl)cc1C(=O)c1ccccc1)C(=S)NCc1ccncc1. The normalized spacial score (nSPS) is 10.2. The van der Waals surface area contributed by atoms with Crippen LogP contribution in [0.15, 0.2) is 73.1 Å². The number of rotatable bonds is 5. The number of nitrogens with zero attached hydrogens (tertiary/aromatic N) is 1. The van der Waals surface area contributed by atoms with Gasteiger partial charge < -0.3 is 10.6 Å². The Morgan fingerprint density at radius 2 is 1.71 bits per heavy atom. The number of anilines is 1. The first-order chi connectivity index (χ1) is 13.5. The van der Waals surface area contributed by atoms with Crippen molar-refractivity contribution in [1.29, 1.82) is 0 Å². The van der Waals surface area contributed by atoms with Crippen molar-refractivity contribution >= 4 is 46.2 Å². The van der Waals surface area contributed by atoms with Crippen LogP contribution in [0.5, 0.6) is 0 Å². The Morgan fingerprint density at radius 3 is 2.43 bits per heavy atom. The van der Waals surface area contributed by atoms with Crippen molar-refractivity contribution in [3.05, 3.63) is 94.8 Å². The Hall–Kier alpha value is -3.09. The van der Waals surface area contributed by atoms with Gasteiger partial charge in [0.25, 0.3) is 5.91 Å². The number of carbonyl (C=O) groups is 2. The third-order valence-corrected chi connectivity index (χ3v) is 4.48. The van der Waals surface area contributed by atoms with Gasteiger partial charge in [0, 0.05) is 35.1 Å². The topological polar surface area (TPSA) is 71.1 Å². The highest BCUT2D eigenvalue weighted by atomic mass is 35.5. The average Bonchev–Trinajstić information content (AvgIpc) is 2.74. The smallest absolute Gasteiger partial charge is 0.283 e. The van der Waals surface area contributed by atoms with Crippen molar-refractivity contribution in [3.63, 3.8) is 0 Å². The maximum Gasteiger partial charge on any atom is 0.283 e. The predicted octanol–water partition coefficient (Wildman–Crippen LogP) is 4.02. The molecule has 3 aromatic rings. The lowest BCUT2D eigenvalue weighted by atomic mass is 10.0. The van der Waals surface area contributed by atoms with Crippen LogP contribution in [0.4, 0.5) is 5.69 Å². The molecule has 140 valence electrons. The van der Waals surface area contributed by atoms with Crippen LogP contribution in [0, 0.1) is 0 Å². The van der Waals surface area contributed by atoms with Gasteiger partial charge in [0.2, 0.25) is 0 Å². The van der Waals surface area contributed by atoms with E-state index >= 15 is 0 Å².